The molecule has 0 radical (unpaired) electrons. The predicted octanol–water partition coefficient (Wildman–Crippen LogP) is 1.74. The van der Waals surface area contributed by atoms with Crippen molar-refractivity contribution in [2.75, 3.05) is 18.1 Å². The van der Waals surface area contributed by atoms with Crippen molar-refractivity contribution < 1.29 is 14.0 Å². The van der Waals surface area contributed by atoms with E-state index in [0.717, 1.165) is 6.20 Å². The molecule has 0 spiro atoms. The molecule has 39 heavy (non-hydrogen) atoms. The molecule has 13 nitrogen and oxygen atoms in total. The lowest BCUT2D eigenvalue weighted by Gasteiger charge is -2.45. The second kappa shape index (κ2) is 10.3. The SMILES string of the molecule is C=NN(/C(=N\N)N1C[C@@H](C)N(C(=O)C(=O)c2c[nH]c3c(-n4ccnn4)ncc(F)c23)[C@@H](C)C1)c1ccccc1. The van der Waals surface area contributed by atoms with Crippen LogP contribution in [0.5, 0.6) is 0 Å². The molecular formula is C25H26FN11O2. The lowest BCUT2D eigenvalue weighted by Crippen LogP contribution is -2.62. The molecule has 200 valence electrons. The fourth-order valence-corrected chi connectivity index (χ4v) is 4.99. The highest BCUT2D eigenvalue weighted by Gasteiger charge is 2.39. The van der Waals surface area contributed by atoms with Gasteiger partial charge in [-0.05, 0) is 26.0 Å². The number of carbonyl (C=O) groups is 2. The van der Waals surface area contributed by atoms with Crippen molar-refractivity contribution in [3.8, 4) is 5.82 Å². The van der Waals surface area contributed by atoms with Crippen LogP contribution < -0.4 is 10.9 Å². The zero-order valence-electron chi connectivity index (χ0n) is 21.3. The number of aromatic nitrogens is 5. The number of hydrazone groups is 2. The van der Waals surface area contributed by atoms with Gasteiger partial charge in [-0.25, -0.2) is 14.1 Å². The Morgan fingerprint density at radius 1 is 1.21 bits per heavy atom. The quantitative estimate of drug-likeness (QED) is 0.0986. The number of hydrogen-bond donors (Lipinski definition) is 2. The largest absolute Gasteiger partial charge is 0.357 e. The number of nitrogens with two attached hydrogens (primary N) is 1. The van der Waals surface area contributed by atoms with E-state index in [0.29, 0.717) is 24.7 Å². The number of carbonyl (C=O) groups excluding carboxylic acids is 2. The van der Waals surface area contributed by atoms with E-state index in [4.69, 9.17) is 5.84 Å². The molecule has 14 heteroatoms. The maximum absolute atomic E-state index is 14.9. The number of nitrogens with one attached hydrogen (secondary N) is 1. The standard InChI is InChI=1S/C25H26FN11O2/c1-15-13-34(25(32-27)37(28-3)17-7-5-4-6-8-17)14-16(2)36(15)24(39)22(38)18-11-29-21-20(18)19(26)12-30-23(21)35-10-9-31-33-35/h4-12,15-16,29H,3,13-14,27H2,1-2H3/b32-25-/t15-,16+. The van der Waals surface area contributed by atoms with Gasteiger partial charge in [0.25, 0.3) is 11.7 Å². The summed E-state index contributed by atoms with van der Waals surface area (Å²) in [5, 5.41) is 17.1. The first-order valence-corrected chi connectivity index (χ1v) is 12.1. The van der Waals surface area contributed by atoms with E-state index in [1.54, 1.807) is 0 Å². The third-order valence-electron chi connectivity index (χ3n) is 6.60. The fourth-order valence-electron chi connectivity index (χ4n) is 4.99. The summed E-state index contributed by atoms with van der Waals surface area (Å²) in [4.78, 5) is 37.3. The number of para-hydroxylation sites is 1. The van der Waals surface area contributed by atoms with Crippen molar-refractivity contribution in [1.29, 1.82) is 0 Å². The van der Waals surface area contributed by atoms with E-state index in [9.17, 15) is 14.0 Å². The van der Waals surface area contributed by atoms with Crippen LogP contribution in [0.4, 0.5) is 10.1 Å². The summed E-state index contributed by atoms with van der Waals surface area (Å²) in [5.74, 6) is 4.03. The first-order chi connectivity index (χ1) is 18.8. The number of Topliss-reactive ketones (excluding diaryl/α,β-unsaturated/α-hetero) is 1. The summed E-state index contributed by atoms with van der Waals surface area (Å²) >= 11 is 0. The molecule has 0 aliphatic carbocycles. The molecule has 3 aromatic heterocycles. The summed E-state index contributed by atoms with van der Waals surface area (Å²) < 4.78 is 16.2. The number of ketones is 1. The maximum Gasteiger partial charge on any atom is 0.295 e. The summed E-state index contributed by atoms with van der Waals surface area (Å²) in [7, 11) is 0. The molecule has 1 amide bonds. The average Bonchev–Trinajstić information content (AvgIpc) is 3.63. The second-order valence-electron chi connectivity index (χ2n) is 9.09. The van der Waals surface area contributed by atoms with Crippen LogP contribution in [-0.2, 0) is 4.79 Å². The average molecular weight is 532 g/mol. The number of guanidine groups is 1. The van der Waals surface area contributed by atoms with Crippen molar-refractivity contribution in [3.63, 3.8) is 0 Å². The fraction of sp³-hybridized carbons (Fsp3) is 0.240. The number of benzene rings is 1. The molecule has 1 fully saturated rings. The normalized spacial score (nSPS) is 17.9. The summed E-state index contributed by atoms with van der Waals surface area (Å²) in [6.07, 6.45) is 5.28. The molecular weight excluding hydrogens is 505 g/mol. The summed E-state index contributed by atoms with van der Waals surface area (Å²) in [5.41, 5.74) is 0.851. The molecule has 3 N–H and O–H groups in total. The van der Waals surface area contributed by atoms with Crippen LogP contribution >= 0.6 is 0 Å². The number of piperazine rings is 1. The van der Waals surface area contributed by atoms with Gasteiger partial charge in [0, 0.05) is 38.1 Å². The number of rotatable bonds is 5. The number of hydrogen-bond acceptors (Lipinski definition) is 8. The minimum absolute atomic E-state index is 0.0408. The number of pyridine rings is 1. The Balaban J connectivity index is 1.40. The molecule has 1 saturated heterocycles. The number of fused-ring (bicyclic) bond motifs is 1. The number of halogens is 1. The minimum atomic E-state index is -0.838. The molecule has 1 aliphatic heterocycles. The predicted molar refractivity (Wildman–Crippen MR) is 143 cm³/mol. The van der Waals surface area contributed by atoms with E-state index in [-0.39, 0.29) is 22.3 Å². The first-order valence-electron chi connectivity index (χ1n) is 12.1. The van der Waals surface area contributed by atoms with Crippen LogP contribution in [-0.4, -0.2) is 84.3 Å². The molecule has 0 saturated carbocycles. The van der Waals surface area contributed by atoms with Crippen molar-refractivity contribution in [2.24, 2.45) is 16.0 Å². The van der Waals surface area contributed by atoms with Gasteiger partial charge in [0.1, 0.15) is 0 Å². The second-order valence-corrected chi connectivity index (χ2v) is 9.09. The van der Waals surface area contributed by atoms with Gasteiger partial charge in [0.2, 0.25) is 5.96 Å². The first kappa shape index (κ1) is 25.5. The van der Waals surface area contributed by atoms with E-state index in [1.807, 2.05) is 49.1 Å². The third kappa shape index (κ3) is 4.45. The summed E-state index contributed by atoms with van der Waals surface area (Å²) in [6.45, 7) is 7.92. The highest BCUT2D eigenvalue weighted by molar-refractivity contribution is 6.45. The van der Waals surface area contributed by atoms with E-state index in [1.165, 1.54) is 33.2 Å². The Bertz CT molecular complexity index is 1540. The molecule has 4 aromatic rings. The highest BCUT2D eigenvalue weighted by atomic mass is 19.1. The number of anilines is 1. The lowest BCUT2D eigenvalue weighted by molar-refractivity contribution is -0.133. The topological polar surface area (TPSA) is 154 Å². The molecule has 1 aromatic carbocycles. The van der Waals surface area contributed by atoms with E-state index < -0.39 is 29.6 Å². The Kier molecular flexibility index (Phi) is 6.75. The van der Waals surface area contributed by atoms with Crippen molar-refractivity contribution in [1.82, 2.24) is 34.8 Å². The highest BCUT2D eigenvalue weighted by Crippen LogP contribution is 2.27. The van der Waals surface area contributed by atoms with Crippen LogP contribution in [0.25, 0.3) is 16.7 Å². The van der Waals surface area contributed by atoms with Gasteiger partial charge in [-0.1, -0.05) is 23.4 Å². The van der Waals surface area contributed by atoms with Gasteiger partial charge in [0.15, 0.2) is 11.6 Å². The van der Waals surface area contributed by atoms with Gasteiger partial charge in [-0.3, -0.25) is 9.59 Å². The third-order valence-corrected chi connectivity index (χ3v) is 6.60. The smallest absolute Gasteiger partial charge is 0.295 e. The van der Waals surface area contributed by atoms with Crippen LogP contribution in [0, 0.1) is 5.82 Å². The number of H-pyrrole nitrogens is 1. The van der Waals surface area contributed by atoms with Crippen molar-refractivity contribution in [2.45, 2.75) is 25.9 Å². The molecule has 2 atom stereocenters. The van der Waals surface area contributed by atoms with Crippen LogP contribution in [0.2, 0.25) is 0 Å². The molecule has 1 aliphatic rings. The van der Waals surface area contributed by atoms with Gasteiger partial charge in [0.05, 0.1) is 40.7 Å². The maximum atomic E-state index is 14.9. The molecule has 0 bridgehead atoms. The number of nitrogens with zero attached hydrogens (tertiary/aromatic N) is 9. The molecule has 0 unspecified atom stereocenters. The Hall–Kier alpha value is -5.14. The minimum Gasteiger partial charge on any atom is -0.357 e. The molecule has 4 heterocycles. The van der Waals surface area contributed by atoms with Gasteiger partial charge >= 0.3 is 0 Å². The number of amides is 1. The Morgan fingerprint density at radius 2 is 1.92 bits per heavy atom. The molecule has 5 rings (SSSR count). The van der Waals surface area contributed by atoms with Gasteiger partial charge < -0.3 is 20.6 Å². The van der Waals surface area contributed by atoms with Crippen LogP contribution in [0.3, 0.4) is 0 Å². The van der Waals surface area contributed by atoms with Crippen molar-refractivity contribution >= 4 is 41.0 Å². The summed E-state index contributed by atoms with van der Waals surface area (Å²) in [6, 6.07) is 8.45. The Morgan fingerprint density at radius 3 is 2.54 bits per heavy atom. The lowest BCUT2D eigenvalue weighted by atomic mass is 10.0. The van der Waals surface area contributed by atoms with Gasteiger partial charge in [-0.15, -0.1) is 10.2 Å². The zero-order valence-corrected chi connectivity index (χ0v) is 21.3. The zero-order chi connectivity index (χ0) is 27.7. The van der Waals surface area contributed by atoms with E-state index >= 15 is 0 Å². The van der Waals surface area contributed by atoms with Crippen LogP contribution in [0.1, 0.15) is 24.2 Å². The van der Waals surface area contributed by atoms with Crippen LogP contribution in [0.15, 0.2) is 65.3 Å². The number of aromatic amines is 1. The Labute approximate surface area is 222 Å². The van der Waals surface area contributed by atoms with Crippen molar-refractivity contribution in [3.05, 3.63) is 66.5 Å². The van der Waals surface area contributed by atoms with Gasteiger partial charge in [-0.2, -0.15) is 10.1 Å². The van der Waals surface area contributed by atoms with E-state index in [2.05, 4.69) is 37.2 Å². The monoisotopic (exact) mass is 531 g/mol.